The first-order valence-electron chi connectivity index (χ1n) is 10.2. The van der Waals surface area contributed by atoms with Crippen molar-refractivity contribution >= 4 is 29.0 Å². The molecule has 0 aliphatic heterocycles. The van der Waals surface area contributed by atoms with E-state index < -0.39 is 6.04 Å². The number of amides is 2. The second-order valence-electron chi connectivity index (χ2n) is 7.46. The van der Waals surface area contributed by atoms with Crippen LogP contribution in [0, 0.1) is 0 Å². The molecule has 1 aromatic heterocycles. The summed E-state index contributed by atoms with van der Waals surface area (Å²) in [6, 6.07) is 18.0. The van der Waals surface area contributed by atoms with E-state index >= 15 is 0 Å². The van der Waals surface area contributed by atoms with Gasteiger partial charge in [-0.25, -0.2) is 0 Å². The highest BCUT2D eigenvalue weighted by Crippen LogP contribution is 2.30. The molecule has 0 saturated heterocycles. The van der Waals surface area contributed by atoms with Gasteiger partial charge in [-0.05, 0) is 42.1 Å². The van der Waals surface area contributed by atoms with Gasteiger partial charge in [0.1, 0.15) is 6.04 Å². The third-order valence-electron chi connectivity index (χ3n) is 5.41. The average Bonchev–Trinajstić information content (AvgIpc) is 3.34. The Hall–Kier alpha value is -3.06. The van der Waals surface area contributed by atoms with Crippen LogP contribution in [0.2, 0.25) is 0 Å². The number of para-hydroxylation sites is 1. The Bertz CT molecular complexity index is 957. The molecular formula is C23H24N4O2S. The number of benzene rings is 2. The first-order valence-corrected chi connectivity index (χ1v) is 11.1. The normalized spacial score (nSPS) is 15.3. The molecule has 4 rings (SSSR count). The number of carbonyl (C=O) groups is 2. The number of anilines is 1. The van der Waals surface area contributed by atoms with Crippen molar-refractivity contribution in [3.63, 3.8) is 0 Å². The Morgan fingerprint density at radius 3 is 2.27 bits per heavy atom. The van der Waals surface area contributed by atoms with Crippen LogP contribution >= 0.6 is 11.5 Å². The third-order valence-corrected chi connectivity index (χ3v) is 5.91. The lowest BCUT2D eigenvalue weighted by Gasteiger charge is -2.33. The number of carbonyl (C=O) groups excluding carboxylic acids is 2. The Kier molecular flexibility index (Phi) is 6.49. The van der Waals surface area contributed by atoms with Crippen molar-refractivity contribution in [3.05, 3.63) is 77.3 Å². The Balaban J connectivity index is 1.74. The van der Waals surface area contributed by atoms with Crippen LogP contribution in [0.25, 0.3) is 0 Å². The number of nitrogens with one attached hydrogen (secondary N) is 1. The van der Waals surface area contributed by atoms with Crippen LogP contribution in [0.3, 0.4) is 0 Å². The minimum absolute atomic E-state index is 0.145. The van der Waals surface area contributed by atoms with Gasteiger partial charge in [0.15, 0.2) is 5.69 Å². The highest BCUT2D eigenvalue weighted by atomic mass is 32.1. The van der Waals surface area contributed by atoms with Gasteiger partial charge in [0.2, 0.25) is 5.91 Å². The zero-order chi connectivity index (χ0) is 20.8. The van der Waals surface area contributed by atoms with E-state index in [-0.39, 0.29) is 23.6 Å². The highest BCUT2D eigenvalue weighted by Gasteiger charge is 2.35. The van der Waals surface area contributed by atoms with E-state index in [1.807, 2.05) is 60.7 Å². The zero-order valence-corrected chi connectivity index (χ0v) is 17.4. The molecule has 154 valence electrons. The standard InChI is InChI=1S/C23H24N4O2S/c28-22(24-18-12-6-2-7-13-18)21(17-10-4-1-5-11-17)27(19-14-8-3-9-15-19)23(29)20-16-30-26-25-20/h1,3-5,8-11,14-16,18,21H,2,6-7,12-13H2,(H,24,28)/t21-/m1/s1. The monoisotopic (exact) mass is 420 g/mol. The predicted octanol–water partition coefficient (Wildman–Crippen LogP) is 4.38. The molecule has 3 aromatic rings. The van der Waals surface area contributed by atoms with Crippen LogP contribution in [0.5, 0.6) is 0 Å². The number of nitrogens with zero attached hydrogens (tertiary/aromatic N) is 3. The van der Waals surface area contributed by atoms with E-state index in [1.54, 1.807) is 5.38 Å². The molecule has 2 aromatic carbocycles. The van der Waals surface area contributed by atoms with Gasteiger partial charge in [-0.2, -0.15) is 0 Å². The van der Waals surface area contributed by atoms with E-state index in [1.165, 1.54) is 11.3 Å². The average molecular weight is 421 g/mol. The van der Waals surface area contributed by atoms with Gasteiger partial charge < -0.3 is 5.32 Å². The van der Waals surface area contributed by atoms with Gasteiger partial charge in [-0.1, -0.05) is 72.3 Å². The molecule has 0 unspecified atom stereocenters. The molecule has 1 heterocycles. The summed E-state index contributed by atoms with van der Waals surface area (Å²) in [5.74, 6) is -0.518. The number of aromatic nitrogens is 2. The van der Waals surface area contributed by atoms with Crippen LogP contribution < -0.4 is 10.2 Å². The zero-order valence-electron chi connectivity index (χ0n) is 16.6. The molecule has 6 nitrogen and oxygen atoms in total. The van der Waals surface area contributed by atoms with Crippen molar-refractivity contribution in [1.29, 1.82) is 0 Å². The Morgan fingerprint density at radius 1 is 0.967 bits per heavy atom. The summed E-state index contributed by atoms with van der Waals surface area (Å²) in [7, 11) is 0. The fourth-order valence-electron chi connectivity index (χ4n) is 3.93. The van der Waals surface area contributed by atoms with E-state index in [0.29, 0.717) is 5.69 Å². The summed E-state index contributed by atoms with van der Waals surface area (Å²) < 4.78 is 3.83. The number of hydrogen-bond donors (Lipinski definition) is 1. The van der Waals surface area contributed by atoms with Crippen molar-refractivity contribution in [2.24, 2.45) is 0 Å². The van der Waals surface area contributed by atoms with Crippen molar-refractivity contribution in [3.8, 4) is 0 Å². The largest absolute Gasteiger partial charge is 0.351 e. The van der Waals surface area contributed by atoms with Crippen LogP contribution in [-0.4, -0.2) is 27.4 Å². The van der Waals surface area contributed by atoms with Crippen molar-refractivity contribution in [2.75, 3.05) is 4.90 Å². The van der Waals surface area contributed by atoms with Gasteiger partial charge >= 0.3 is 0 Å². The molecule has 7 heteroatoms. The lowest BCUT2D eigenvalue weighted by Crippen LogP contribution is -2.47. The first kappa shape index (κ1) is 20.2. The molecule has 1 N–H and O–H groups in total. The number of hydrogen-bond acceptors (Lipinski definition) is 5. The summed E-state index contributed by atoms with van der Waals surface area (Å²) in [5, 5.41) is 8.77. The second kappa shape index (κ2) is 9.63. The van der Waals surface area contributed by atoms with Gasteiger partial charge in [-0.15, -0.1) is 5.10 Å². The smallest absolute Gasteiger partial charge is 0.280 e. The first-order chi connectivity index (χ1) is 14.7. The lowest BCUT2D eigenvalue weighted by molar-refractivity contribution is -0.123. The van der Waals surface area contributed by atoms with Crippen molar-refractivity contribution < 1.29 is 9.59 Å². The van der Waals surface area contributed by atoms with E-state index in [2.05, 4.69) is 14.9 Å². The van der Waals surface area contributed by atoms with Gasteiger partial charge in [0.05, 0.1) is 0 Å². The maximum Gasteiger partial charge on any atom is 0.280 e. The Morgan fingerprint density at radius 2 is 1.63 bits per heavy atom. The van der Waals surface area contributed by atoms with E-state index in [0.717, 1.165) is 42.8 Å². The minimum Gasteiger partial charge on any atom is -0.351 e. The third kappa shape index (κ3) is 4.57. The van der Waals surface area contributed by atoms with Crippen molar-refractivity contribution in [2.45, 2.75) is 44.2 Å². The minimum atomic E-state index is -0.801. The van der Waals surface area contributed by atoms with Crippen molar-refractivity contribution in [1.82, 2.24) is 14.9 Å². The predicted molar refractivity (Wildman–Crippen MR) is 117 cm³/mol. The summed E-state index contributed by atoms with van der Waals surface area (Å²) in [6.45, 7) is 0. The van der Waals surface area contributed by atoms with Gasteiger partial charge in [-0.3, -0.25) is 14.5 Å². The van der Waals surface area contributed by atoms with Crippen LogP contribution in [0.15, 0.2) is 66.0 Å². The molecule has 1 saturated carbocycles. The fourth-order valence-corrected chi connectivity index (χ4v) is 4.36. The number of rotatable bonds is 6. The molecule has 30 heavy (non-hydrogen) atoms. The molecule has 1 fully saturated rings. The molecule has 1 aliphatic carbocycles. The highest BCUT2D eigenvalue weighted by molar-refractivity contribution is 7.03. The topological polar surface area (TPSA) is 75.2 Å². The quantitative estimate of drug-likeness (QED) is 0.642. The lowest BCUT2D eigenvalue weighted by atomic mass is 9.94. The molecule has 0 radical (unpaired) electrons. The SMILES string of the molecule is O=C(NC1CCCCC1)[C@@H](c1ccccc1)N(C(=O)c1csnn1)c1ccccc1. The van der Waals surface area contributed by atoms with E-state index in [9.17, 15) is 9.59 Å². The summed E-state index contributed by atoms with van der Waals surface area (Å²) in [4.78, 5) is 28.6. The van der Waals surface area contributed by atoms with E-state index in [4.69, 9.17) is 0 Å². The van der Waals surface area contributed by atoms with Crippen LogP contribution in [-0.2, 0) is 4.79 Å². The molecule has 1 atom stereocenters. The maximum atomic E-state index is 13.6. The van der Waals surface area contributed by atoms with Gasteiger partial charge in [0, 0.05) is 17.1 Å². The molecule has 1 aliphatic rings. The maximum absolute atomic E-state index is 13.6. The summed E-state index contributed by atoms with van der Waals surface area (Å²) in [6.07, 6.45) is 5.39. The summed E-state index contributed by atoms with van der Waals surface area (Å²) >= 11 is 1.12. The summed E-state index contributed by atoms with van der Waals surface area (Å²) in [5.41, 5.74) is 1.63. The molecule has 0 bridgehead atoms. The molecule has 0 spiro atoms. The van der Waals surface area contributed by atoms with Crippen LogP contribution in [0.1, 0.15) is 54.2 Å². The fraction of sp³-hybridized carbons (Fsp3) is 0.304. The molecule has 2 amide bonds. The Labute approximate surface area is 180 Å². The second-order valence-corrected chi connectivity index (χ2v) is 8.07. The van der Waals surface area contributed by atoms with Crippen LogP contribution in [0.4, 0.5) is 5.69 Å². The molecular weight excluding hydrogens is 396 g/mol. The van der Waals surface area contributed by atoms with Gasteiger partial charge in [0.25, 0.3) is 5.91 Å².